The predicted octanol–water partition coefficient (Wildman–Crippen LogP) is 4.22. The SMILES string of the molecule is CC(C)(C)n1nc([C@H]2CCC(=O)C2)cc1NC(=O)OCc1ccccc1. The molecule has 138 valence electrons. The van der Waals surface area contributed by atoms with Gasteiger partial charge in [-0.05, 0) is 32.8 Å². The molecular weight excluding hydrogens is 330 g/mol. The molecule has 6 nitrogen and oxygen atoms in total. The Morgan fingerprint density at radius 2 is 2.04 bits per heavy atom. The molecule has 26 heavy (non-hydrogen) atoms. The van der Waals surface area contributed by atoms with E-state index in [9.17, 15) is 9.59 Å². The maximum atomic E-state index is 12.2. The van der Waals surface area contributed by atoms with Gasteiger partial charge in [-0.1, -0.05) is 30.3 Å². The molecule has 1 amide bonds. The number of anilines is 1. The van der Waals surface area contributed by atoms with Crippen molar-refractivity contribution in [2.75, 3.05) is 5.32 Å². The van der Waals surface area contributed by atoms with E-state index in [4.69, 9.17) is 4.74 Å². The lowest BCUT2D eigenvalue weighted by molar-refractivity contribution is -0.117. The van der Waals surface area contributed by atoms with Gasteiger partial charge < -0.3 is 4.74 Å². The molecule has 3 rings (SSSR count). The molecule has 0 saturated heterocycles. The highest BCUT2D eigenvalue weighted by Gasteiger charge is 2.29. The summed E-state index contributed by atoms with van der Waals surface area (Å²) in [6.07, 6.45) is 1.43. The normalized spacial score (nSPS) is 17.3. The van der Waals surface area contributed by atoms with Crippen LogP contribution in [0.25, 0.3) is 0 Å². The lowest BCUT2D eigenvalue weighted by Gasteiger charge is -2.22. The molecule has 1 aliphatic carbocycles. The summed E-state index contributed by atoms with van der Waals surface area (Å²) in [6, 6.07) is 11.4. The van der Waals surface area contributed by atoms with Crippen LogP contribution in [-0.2, 0) is 21.7 Å². The van der Waals surface area contributed by atoms with Gasteiger partial charge in [0, 0.05) is 24.8 Å². The third-order valence-electron chi connectivity index (χ3n) is 4.47. The van der Waals surface area contributed by atoms with Gasteiger partial charge in [-0.2, -0.15) is 5.10 Å². The van der Waals surface area contributed by atoms with E-state index in [1.807, 2.05) is 57.2 Å². The Morgan fingerprint density at radius 3 is 2.65 bits per heavy atom. The van der Waals surface area contributed by atoms with E-state index in [0.29, 0.717) is 18.7 Å². The lowest BCUT2D eigenvalue weighted by atomic mass is 10.0. The van der Waals surface area contributed by atoms with Crippen molar-refractivity contribution in [2.24, 2.45) is 0 Å². The van der Waals surface area contributed by atoms with Gasteiger partial charge in [0.05, 0.1) is 11.2 Å². The minimum absolute atomic E-state index is 0.131. The maximum absolute atomic E-state index is 12.2. The van der Waals surface area contributed by atoms with Crippen molar-refractivity contribution in [1.82, 2.24) is 9.78 Å². The fraction of sp³-hybridized carbons (Fsp3) is 0.450. The fourth-order valence-corrected chi connectivity index (χ4v) is 3.13. The van der Waals surface area contributed by atoms with Crippen LogP contribution in [0.3, 0.4) is 0 Å². The summed E-state index contributed by atoms with van der Waals surface area (Å²) in [5.41, 5.74) is 1.48. The number of Topliss-reactive ketones (excluding diaryl/α,β-unsaturated/α-hetero) is 1. The van der Waals surface area contributed by atoms with E-state index in [-0.39, 0.29) is 23.8 Å². The highest BCUT2D eigenvalue weighted by Crippen LogP contribution is 2.34. The van der Waals surface area contributed by atoms with Crippen LogP contribution in [-0.4, -0.2) is 21.7 Å². The number of benzene rings is 1. The Morgan fingerprint density at radius 1 is 1.31 bits per heavy atom. The van der Waals surface area contributed by atoms with Crippen molar-refractivity contribution >= 4 is 17.7 Å². The molecule has 1 aliphatic rings. The monoisotopic (exact) mass is 355 g/mol. The standard InChI is InChI=1S/C20H25N3O3/c1-20(2,3)23-18(12-17(22-23)15-9-10-16(24)11-15)21-19(25)26-13-14-7-5-4-6-8-14/h4-8,12,15H,9-11,13H2,1-3H3,(H,21,25)/t15-/m0/s1. The Bertz CT molecular complexity index is 790. The number of nitrogens with zero attached hydrogens (tertiary/aromatic N) is 2. The van der Waals surface area contributed by atoms with Crippen LogP contribution < -0.4 is 5.32 Å². The van der Waals surface area contributed by atoms with Crippen molar-refractivity contribution in [3.05, 3.63) is 47.7 Å². The number of rotatable bonds is 4. The smallest absolute Gasteiger partial charge is 0.413 e. The number of nitrogens with one attached hydrogen (secondary N) is 1. The average molecular weight is 355 g/mol. The second kappa shape index (κ2) is 7.32. The van der Waals surface area contributed by atoms with Crippen LogP contribution >= 0.6 is 0 Å². The Balaban J connectivity index is 1.72. The third kappa shape index (κ3) is 4.31. The number of ether oxygens (including phenoxy) is 1. The molecule has 6 heteroatoms. The summed E-state index contributed by atoms with van der Waals surface area (Å²) in [5.74, 6) is 0.994. The minimum atomic E-state index is -0.520. The first kappa shape index (κ1) is 18.2. The van der Waals surface area contributed by atoms with Crippen molar-refractivity contribution in [2.45, 2.75) is 58.1 Å². The summed E-state index contributed by atoms with van der Waals surface area (Å²) in [6.45, 7) is 6.26. The van der Waals surface area contributed by atoms with E-state index >= 15 is 0 Å². The van der Waals surface area contributed by atoms with Gasteiger partial charge in [0.1, 0.15) is 18.2 Å². The lowest BCUT2D eigenvalue weighted by Crippen LogP contribution is -2.27. The molecule has 0 aliphatic heterocycles. The maximum Gasteiger partial charge on any atom is 0.413 e. The molecule has 1 fully saturated rings. The first-order valence-corrected chi connectivity index (χ1v) is 8.93. The van der Waals surface area contributed by atoms with Gasteiger partial charge in [0.25, 0.3) is 0 Å². The molecule has 1 heterocycles. The van der Waals surface area contributed by atoms with Crippen LogP contribution in [0.5, 0.6) is 0 Å². The zero-order valence-electron chi connectivity index (χ0n) is 15.5. The van der Waals surface area contributed by atoms with Crippen LogP contribution in [0, 0.1) is 0 Å². The quantitative estimate of drug-likeness (QED) is 0.891. The average Bonchev–Trinajstić information content (AvgIpc) is 3.20. The molecule has 0 radical (unpaired) electrons. The molecule has 1 N–H and O–H groups in total. The van der Waals surface area contributed by atoms with E-state index < -0.39 is 6.09 Å². The number of hydrogen-bond donors (Lipinski definition) is 1. The topological polar surface area (TPSA) is 73.2 Å². The Kier molecular flexibility index (Phi) is 5.11. The summed E-state index contributed by atoms with van der Waals surface area (Å²) >= 11 is 0. The van der Waals surface area contributed by atoms with Gasteiger partial charge in [0.15, 0.2) is 0 Å². The van der Waals surface area contributed by atoms with Gasteiger partial charge in [0.2, 0.25) is 0 Å². The molecule has 0 bridgehead atoms. The van der Waals surface area contributed by atoms with Gasteiger partial charge >= 0.3 is 6.09 Å². The number of aromatic nitrogens is 2. The van der Waals surface area contributed by atoms with E-state index in [2.05, 4.69) is 10.4 Å². The summed E-state index contributed by atoms with van der Waals surface area (Å²) < 4.78 is 7.09. The highest BCUT2D eigenvalue weighted by molar-refractivity contribution is 5.84. The first-order chi connectivity index (χ1) is 12.3. The van der Waals surface area contributed by atoms with Crippen LogP contribution in [0.4, 0.5) is 10.6 Å². The van der Waals surface area contributed by atoms with Crippen LogP contribution in [0.2, 0.25) is 0 Å². The number of hydrogen-bond acceptors (Lipinski definition) is 4. The molecular formula is C20H25N3O3. The number of ketones is 1. The van der Waals surface area contributed by atoms with Crippen molar-refractivity contribution in [3.63, 3.8) is 0 Å². The summed E-state index contributed by atoms with van der Waals surface area (Å²) in [4.78, 5) is 23.8. The first-order valence-electron chi connectivity index (χ1n) is 8.93. The number of carbonyl (C=O) groups excluding carboxylic acids is 2. The number of amides is 1. The molecule has 0 unspecified atom stereocenters. The predicted molar refractivity (Wildman–Crippen MR) is 99.1 cm³/mol. The molecule has 1 saturated carbocycles. The van der Waals surface area contributed by atoms with E-state index in [1.54, 1.807) is 4.68 Å². The Hall–Kier alpha value is -2.63. The second-order valence-electron chi connectivity index (χ2n) is 7.70. The minimum Gasteiger partial charge on any atom is -0.444 e. The molecule has 1 atom stereocenters. The molecule has 2 aromatic rings. The number of carbonyl (C=O) groups is 2. The zero-order valence-corrected chi connectivity index (χ0v) is 15.5. The summed E-state index contributed by atoms with van der Waals surface area (Å²) in [5, 5.41) is 7.46. The largest absolute Gasteiger partial charge is 0.444 e. The Labute approximate surface area is 153 Å². The van der Waals surface area contributed by atoms with Gasteiger partial charge in [-0.25, -0.2) is 9.48 Å². The molecule has 0 spiro atoms. The van der Waals surface area contributed by atoms with Crippen molar-refractivity contribution in [1.29, 1.82) is 0 Å². The van der Waals surface area contributed by atoms with Crippen LogP contribution in [0.1, 0.15) is 57.2 Å². The third-order valence-corrected chi connectivity index (χ3v) is 4.47. The fourth-order valence-electron chi connectivity index (χ4n) is 3.13. The second-order valence-corrected chi connectivity index (χ2v) is 7.70. The van der Waals surface area contributed by atoms with E-state index in [0.717, 1.165) is 17.7 Å². The van der Waals surface area contributed by atoms with Crippen molar-refractivity contribution in [3.8, 4) is 0 Å². The summed E-state index contributed by atoms with van der Waals surface area (Å²) in [7, 11) is 0. The zero-order chi connectivity index (χ0) is 18.7. The van der Waals surface area contributed by atoms with Gasteiger partial charge in [-0.15, -0.1) is 0 Å². The molecule has 1 aromatic carbocycles. The molecule has 1 aromatic heterocycles. The highest BCUT2D eigenvalue weighted by atomic mass is 16.5. The van der Waals surface area contributed by atoms with Crippen LogP contribution in [0.15, 0.2) is 36.4 Å². The van der Waals surface area contributed by atoms with Crippen molar-refractivity contribution < 1.29 is 14.3 Å². The van der Waals surface area contributed by atoms with E-state index in [1.165, 1.54) is 0 Å². The van der Waals surface area contributed by atoms with Gasteiger partial charge in [-0.3, -0.25) is 10.1 Å².